The molecule has 4 heteroatoms. The normalized spacial score (nSPS) is 16.8. The summed E-state index contributed by atoms with van der Waals surface area (Å²) in [5.74, 6) is 0. The van der Waals surface area contributed by atoms with Crippen molar-refractivity contribution in [3.05, 3.63) is 17.5 Å². The Balaban J connectivity index is 2.03. The molecule has 0 unspecified atom stereocenters. The summed E-state index contributed by atoms with van der Waals surface area (Å²) >= 11 is 0. The quantitative estimate of drug-likeness (QED) is 0.802. The van der Waals surface area contributed by atoms with Gasteiger partial charge in [-0.2, -0.15) is 5.10 Å². The first-order valence-electron chi connectivity index (χ1n) is 6.21. The lowest BCUT2D eigenvalue weighted by atomic mass is 10.1. The van der Waals surface area contributed by atoms with Crippen molar-refractivity contribution in [3.63, 3.8) is 0 Å². The second-order valence-electron chi connectivity index (χ2n) is 4.52. The Morgan fingerprint density at radius 2 is 2.25 bits per heavy atom. The summed E-state index contributed by atoms with van der Waals surface area (Å²) in [6.07, 6.45) is 1.02. The predicted molar refractivity (Wildman–Crippen MR) is 65.4 cm³/mol. The Kier molecular flexibility index (Phi) is 3.61. The summed E-state index contributed by atoms with van der Waals surface area (Å²) in [7, 11) is 2.20. The third-order valence-corrected chi connectivity index (χ3v) is 3.37. The lowest BCUT2D eigenvalue weighted by Crippen LogP contribution is -2.55. The molecule has 90 valence electrons. The molecule has 4 nitrogen and oxygen atoms in total. The van der Waals surface area contributed by atoms with Gasteiger partial charge < -0.3 is 5.32 Å². The van der Waals surface area contributed by atoms with E-state index in [-0.39, 0.29) is 0 Å². The van der Waals surface area contributed by atoms with Gasteiger partial charge in [-0.05, 0) is 26.5 Å². The van der Waals surface area contributed by atoms with Crippen LogP contribution in [-0.4, -0.2) is 40.9 Å². The molecule has 0 bridgehead atoms. The Morgan fingerprint density at radius 1 is 1.50 bits per heavy atom. The minimum Gasteiger partial charge on any atom is -0.314 e. The van der Waals surface area contributed by atoms with Crippen LogP contribution in [0.25, 0.3) is 0 Å². The maximum Gasteiger partial charge on any atom is 0.0625 e. The Hall–Kier alpha value is -0.870. The second-order valence-corrected chi connectivity index (χ2v) is 4.52. The molecule has 1 aliphatic heterocycles. The van der Waals surface area contributed by atoms with E-state index in [1.165, 1.54) is 11.4 Å². The molecular weight excluding hydrogens is 200 g/mol. The summed E-state index contributed by atoms with van der Waals surface area (Å²) in [6.45, 7) is 8.53. The lowest BCUT2D eigenvalue weighted by Gasteiger charge is -2.35. The summed E-state index contributed by atoms with van der Waals surface area (Å²) in [6, 6.07) is 2.94. The fraction of sp³-hybridized carbons (Fsp3) is 0.750. The van der Waals surface area contributed by atoms with E-state index < -0.39 is 0 Å². The molecular formula is C12H22N4. The van der Waals surface area contributed by atoms with Crippen LogP contribution in [0, 0.1) is 0 Å². The molecule has 0 aromatic carbocycles. The van der Waals surface area contributed by atoms with E-state index in [0.29, 0.717) is 6.04 Å². The number of aryl methyl sites for hydroxylation is 2. The van der Waals surface area contributed by atoms with Crippen molar-refractivity contribution >= 4 is 0 Å². The number of likely N-dealkylation sites (N-methyl/N-ethyl adjacent to an activating group) is 1. The molecule has 2 rings (SSSR count). The molecule has 0 saturated carbocycles. The van der Waals surface area contributed by atoms with Gasteiger partial charge in [0.15, 0.2) is 0 Å². The number of nitrogens with zero attached hydrogens (tertiary/aromatic N) is 3. The van der Waals surface area contributed by atoms with Crippen LogP contribution in [0.4, 0.5) is 0 Å². The first-order chi connectivity index (χ1) is 7.74. The third kappa shape index (κ3) is 2.28. The molecule has 16 heavy (non-hydrogen) atoms. The van der Waals surface area contributed by atoms with Crippen LogP contribution in [-0.2, 0) is 19.5 Å². The Labute approximate surface area is 97.6 Å². The van der Waals surface area contributed by atoms with E-state index in [4.69, 9.17) is 0 Å². The molecule has 0 radical (unpaired) electrons. The highest BCUT2D eigenvalue weighted by atomic mass is 15.3. The third-order valence-electron chi connectivity index (χ3n) is 3.37. The van der Waals surface area contributed by atoms with Crippen LogP contribution in [0.1, 0.15) is 25.2 Å². The number of hydrogen-bond acceptors (Lipinski definition) is 3. The molecule has 1 aromatic rings. The van der Waals surface area contributed by atoms with Crippen LogP contribution in [0.2, 0.25) is 0 Å². The maximum absolute atomic E-state index is 4.58. The van der Waals surface area contributed by atoms with Crippen molar-refractivity contribution in [2.45, 2.75) is 39.4 Å². The van der Waals surface area contributed by atoms with Crippen LogP contribution >= 0.6 is 0 Å². The zero-order valence-electron chi connectivity index (χ0n) is 10.5. The van der Waals surface area contributed by atoms with Crippen LogP contribution in [0.15, 0.2) is 6.07 Å². The van der Waals surface area contributed by atoms with E-state index in [0.717, 1.165) is 32.6 Å². The fourth-order valence-corrected chi connectivity index (χ4v) is 2.06. The summed E-state index contributed by atoms with van der Waals surface area (Å²) in [5.41, 5.74) is 2.55. The number of nitrogens with one attached hydrogen (secondary N) is 1. The summed E-state index contributed by atoms with van der Waals surface area (Å²) in [5, 5.41) is 7.89. The first kappa shape index (κ1) is 11.6. The van der Waals surface area contributed by atoms with Gasteiger partial charge in [0.1, 0.15) is 0 Å². The minimum absolute atomic E-state index is 0.699. The lowest BCUT2D eigenvalue weighted by molar-refractivity contribution is 0.169. The van der Waals surface area contributed by atoms with Gasteiger partial charge in [-0.1, -0.05) is 6.92 Å². The van der Waals surface area contributed by atoms with Crippen molar-refractivity contribution in [2.24, 2.45) is 0 Å². The van der Waals surface area contributed by atoms with Gasteiger partial charge in [-0.25, -0.2) is 0 Å². The van der Waals surface area contributed by atoms with E-state index >= 15 is 0 Å². The van der Waals surface area contributed by atoms with Gasteiger partial charge >= 0.3 is 0 Å². The van der Waals surface area contributed by atoms with Gasteiger partial charge in [0.05, 0.1) is 11.4 Å². The smallest absolute Gasteiger partial charge is 0.0625 e. The zero-order chi connectivity index (χ0) is 11.5. The maximum atomic E-state index is 4.58. The van der Waals surface area contributed by atoms with Gasteiger partial charge in [-0.15, -0.1) is 0 Å². The van der Waals surface area contributed by atoms with Crippen LogP contribution < -0.4 is 5.32 Å². The van der Waals surface area contributed by atoms with Crippen LogP contribution in [0.5, 0.6) is 0 Å². The molecule has 0 atom stereocenters. The van der Waals surface area contributed by atoms with Gasteiger partial charge in [0.25, 0.3) is 0 Å². The highest BCUT2D eigenvalue weighted by Gasteiger charge is 2.22. The fourth-order valence-electron chi connectivity index (χ4n) is 2.06. The van der Waals surface area contributed by atoms with E-state index in [9.17, 15) is 0 Å². The molecule has 1 aliphatic rings. The molecule has 0 amide bonds. The highest BCUT2D eigenvalue weighted by molar-refractivity contribution is 5.10. The second kappa shape index (κ2) is 4.97. The molecule has 0 spiro atoms. The van der Waals surface area contributed by atoms with E-state index in [1.54, 1.807) is 0 Å². The monoisotopic (exact) mass is 222 g/mol. The van der Waals surface area contributed by atoms with Crippen molar-refractivity contribution < 1.29 is 0 Å². The van der Waals surface area contributed by atoms with Gasteiger partial charge in [0, 0.05) is 32.2 Å². The highest BCUT2D eigenvalue weighted by Crippen LogP contribution is 2.11. The van der Waals surface area contributed by atoms with E-state index in [1.807, 2.05) is 0 Å². The van der Waals surface area contributed by atoms with Crippen molar-refractivity contribution in [2.75, 3.05) is 20.1 Å². The SMILES string of the molecule is CCc1cc(CN(C)C2CNC2)n(CC)n1. The summed E-state index contributed by atoms with van der Waals surface area (Å²) in [4.78, 5) is 2.42. The molecule has 1 N–H and O–H groups in total. The minimum atomic E-state index is 0.699. The van der Waals surface area contributed by atoms with E-state index in [2.05, 4.69) is 47.0 Å². The Morgan fingerprint density at radius 3 is 2.75 bits per heavy atom. The first-order valence-corrected chi connectivity index (χ1v) is 6.21. The molecule has 1 aromatic heterocycles. The average Bonchev–Trinajstić information content (AvgIpc) is 2.57. The predicted octanol–water partition coefficient (Wildman–Crippen LogP) is 0.869. The Bertz CT molecular complexity index is 341. The van der Waals surface area contributed by atoms with Crippen LogP contribution in [0.3, 0.4) is 0 Å². The molecule has 0 aliphatic carbocycles. The van der Waals surface area contributed by atoms with Gasteiger partial charge in [-0.3, -0.25) is 9.58 Å². The molecule has 1 fully saturated rings. The number of aromatic nitrogens is 2. The van der Waals surface area contributed by atoms with Gasteiger partial charge in [0.2, 0.25) is 0 Å². The average molecular weight is 222 g/mol. The number of rotatable bonds is 5. The topological polar surface area (TPSA) is 33.1 Å². The standard InChI is InChI=1S/C12H22N4/c1-4-10-6-11(16(5-2)14-10)9-15(3)12-7-13-8-12/h6,12-13H,4-5,7-9H2,1-3H3. The molecule has 2 heterocycles. The van der Waals surface area contributed by atoms with Crippen molar-refractivity contribution in [1.82, 2.24) is 20.0 Å². The van der Waals surface area contributed by atoms with Crippen molar-refractivity contribution in [3.8, 4) is 0 Å². The largest absolute Gasteiger partial charge is 0.314 e. The zero-order valence-corrected chi connectivity index (χ0v) is 10.5. The summed E-state index contributed by atoms with van der Waals surface area (Å²) < 4.78 is 2.13. The number of hydrogen-bond donors (Lipinski definition) is 1. The molecule has 1 saturated heterocycles. The van der Waals surface area contributed by atoms with Crippen molar-refractivity contribution in [1.29, 1.82) is 0 Å².